The van der Waals surface area contributed by atoms with Gasteiger partial charge >= 0.3 is 0 Å². The van der Waals surface area contributed by atoms with Gasteiger partial charge in [0.15, 0.2) is 13.1 Å². The van der Waals surface area contributed by atoms with Gasteiger partial charge in [-0.05, 0) is 43.0 Å². The molecule has 1 atom stereocenters. The summed E-state index contributed by atoms with van der Waals surface area (Å²) in [5.41, 5.74) is 2.01. The van der Waals surface area contributed by atoms with Crippen LogP contribution in [0.1, 0.15) is 19.8 Å². The number of rotatable bonds is 6. The smallest absolute Gasteiger partial charge is 0.279 e. The lowest BCUT2D eigenvalue weighted by Gasteiger charge is -2.32. The van der Waals surface area contributed by atoms with Gasteiger partial charge in [-0.25, -0.2) is 0 Å². The van der Waals surface area contributed by atoms with E-state index in [4.69, 9.17) is 0 Å². The number of likely N-dealkylation sites (N-methyl/N-ethyl adjacent to an activating group) is 2. The first-order chi connectivity index (χ1) is 11.8. The summed E-state index contributed by atoms with van der Waals surface area (Å²) < 4.78 is 0. The van der Waals surface area contributed by atoms with Crippen molar-refractivity contribution < 1.29 is 14.5 Å². The summed E-state index contributed by atoms with van der Waals surface area (Å²) in [5, 5.41) is 2.91. The minimum Gasteiger partial charge on any atom is -0.372 e. The van der Waals surface area contributed by atoms with Gasteiger partial charge in [-0.2, -0.15) is 0 Å². The number of piperidine rings is 1. The molecule has 0 spiro atoms. The molecule has 1 unspecified atom stereocenters. The number of benzene rings is 1. The summed E-state index contributed by atoms with van der Waals surface area (Å²) in [6, 6.07) is 8.03. The van der Waals surface area contributed by atoms with E-state index in [2.05, 4.69) is 29.3 Å². The quantitative estimate of drug-likeness (QED) is 0.786. The van der Waals surface area contributed by atoms with Crippen LogP contribution in [0.25, 0.3) is 0 Å². The van der Waals surface area contributed by atoms with Crippen LogP contribution >= 0.6 is 0 Å². The lowest BCUT2D eigenvalue weighted by Crippen LogP contribution is -3.11. The molecule has 1 saturated heterocycles. The zero-order valence-corrected chi connectivity index (χ0v) is 15.8. The number of nitrogens with zero attached hydrogens (tertiary/aromatic N) is 2. The summed E-state index contributed by atoms with van der Waals surface area (Å²) >= 11 is 0. The number of amides is 2. The number of hydrogen-bond acceptors (Lipinski definition) is 3. The minimum absolute atomic E-state index is 0.0190. The van der Waals surface area contributed by atoms with Gasteiger partial charge in [-0.15, -0.1) is 0 Å². The average molecular weight is 347 g/mol. The van der Waals surface area contributed by atoms with Gasteiger partial charge in [-0.3, -0.25) is 9.59 Å². The predicted molar refractivity (Wildman–Crippen MR) is 101 cm³/mol. The second-order valence-corrected chi connectivity index (χ2v) is 7.36. The van der Waals surface area contributed by atoms with E-state index in [1.54, 1.807) is 19.0 Å². The van der Waals surface area contributed by atoms with Crippen LogP contribution in [-0.4, -0.2) is 64.0 Å². The summed E-state index contributed by atoms with van der Waals surface area (Å²) in [6.45, 7) is 5.08. The Hall–Kier alpha value is -2.08. The zero-order chi connectivity index (χ0) is 18.4. The Kier molecular flexibility index (Phi) is 6.82. The summed E-state index contributed by atoms with van der Waals surface area (Å²) in [6.07, 6.45) is 2.47. The first-order valence-corrected chi connectivity index (χ1v) is 9.01. The molecular formula is C19H31N4O2+. The van der Waals surface area contributed by atoms with Gasteiger partial charge in [0, 0.05) is 38.6 Å². The Labute approximate surface area is 150 Å². The molecule has 1 aromatic carbocycles. The van der Waals surface area contributed by atoms with Crippen molar-refractivity contribution >= 4 is 23.2 Å². The Morgan fingerprint density at radius 2 is 1.76 bits per heavy atom. The molecule has 2 rings (SSSR count). The van der Waals surface area contributed by atoms with E-state index < -0.39 is 0 Å². The van der Waals surface area contributed by atoms with Crippen LogP contribution in [0.4, 0.5) is 11.4 Å². The van der Waals surface area contributed by atoms with E-state index in [1.165, 1.54) is 18.5 Å². The highest BCUT2D eigenvalue weighted by Gasteiger charge is 2.17. The van der Waals surface area contributed by atoms with Crippen molar-refractivity contribution in [3.8, 4) is 0 Å². The number of hydrogen-bond donors (Lipinski definition) is 2. The van der Waals surface area contributed by atoms with E-state index in [0.717, 1.165) is 29.6 Å². The maximum atomic E-state index is 12.1. The third-order valence-electron chi connectivity index (χ3n) is 4.71. The lowest BCUT2D eigenvalue weighted by molar-refractivity contribution is -0.862. The van der Waals surface area contributed by atoms with Crippen molar-refractivity contribution in [2.45, 2.75) is 19.8 Å². The van der Waals surface area contributed by atoms with Crippen molar-refractivity contribution in [1.82, 2.24) is 4.90 Å². The van der Waals surface area contributed by atoms with Gasteiger partial charge in [0.1, 0.15) is 0 Å². The average Bonchev–Trinajstić information content (AvgIpc) is 2.56. The molecule has 0 radical (unpaired) electrons. The predicted octanol–water partition coefficient (Wildman–Crippen LogP) is 0.464. The molecule has 6 heteroatoms. The van der Waals surface area contributed by atoms with Gasteiger partial charge < -0.3 is 20.0 Å². The molecule has 0 saturated carbocycles. The van der Waals surface area contributed by atoms with Crippen molar-refractivity contribution in [1.29, 1.82) is 0 Å². The van der Waals surface area contributed by atoms with Crippen LogP contribution in [0, 0.1) is 5.92 Å². The maximum Gasteiger partial charge on any atom is 0.279 e. The van der Waals surface area contributed by atoms with Crippen molar-refractivity contribution in [2.75, 3.05) is 57.5 Å². The van der Waals surface area contributed by atoms with E-state index >= 15 is 0 Å². The first-order valence-electron chi connectivity index (χ1n) is 9.01. The molecule has 1 heterocycles. The largest absolute Gasteiger partial charge is 0.372 e. The Morgan fingerprint density at radius 1 is 1.16 bits per heavy atom. The molecular weight excluding hydrogens is 316 g/mol. The topological polar surface area (TPSA) is 57.1 Å². The van der Waals surface area contributed by atoms with Gasteiger partial charge in [-0.1, -0.05) is 6.92 Å². The molecule has 0 aromatic heterocycles. The van der Waals surface area contributed by atoms with Crippen molar-refractivity contribution in [3.63, 3.8) is 0 Å². The van der Waals surface area contributed by atoms with Crippen molar-refractivity contribution in [2.24, 2.45) is 5.92 Å². The van der Waals surface area contributed by atoms with Crippen LogP contribution in [0.15, 0.2) is 24.3 Å². The molecule has 25 heavy (non-hydrogen) atoms. The fourth-order valence-corrected chi connectivity index (χ4v) is 2.98. The molecule has 1 aliphatic heterocycles. The Bertz CT molecular complexity index is 578. The van der Waals surface area contributed by atoms with E-state index in [0.29, 0.717) is 6.54 Å². The SMILES string of the molecule is CC1CCN(c2ccc(NC(=O)C[NH+](C)CC(=O)N(C)C)cc2)CC1. The molecule has 138 valence electrons. The summed E-state index contributed by atoms with van der Waals surface area (Å²) in [7, 11) is 5.29. The monoisotopic (exact) mass is 347 g/mol. The third kappa shape index (κ3) is 6.05. The molecule has 1 aliphatic rings. The maximum absolute atomic E-state index is 12.1. The van der Waals surface area contributed by atoms with Gasteiger partial charge in [0.2, 0.25) is 0 Å². The second-order valence-electron chi connectivity index (χ2n) is 7.36. The van der Waals surface area contributed by atoms with Gasteiger partial charge in [0.05, 0.1) is 7.05 Å². The Morgan fingerprint density at radius 3 is 2.32 bits per heavy atom. The van der Waals surface area contributed by atoms with Gasteiger partial charge in [0.25, 0.3) is 11.8 Å². The minimum atomic E-state index is -0.0800. The number of quaternary nitrogens is 1. The Balaban J connectivity index is 1.82. The van der Waals surface area contributed by atoms with Crippen LogP contribution in [0.5, 0.6) is 0 Å². The standard InChI is InChI=1S/C19H30N4O2/c1-15-9-11-23(12-10-15)17-7-5-16(6-8-17)20-18(24)13-22(4)14-19(25)21(2)3/h5-8,15H,9-14H2,1-4H3,(H,20,24)/p+1. The van der Waals surface area contributed by atoms with Crippen molar-refractivity contribution in [3.05, 3.63) is 24.3 Å². The molecule has 2 amide bonds. The fraction of sp³-hybridized carbons (Fsp3) is 0.579. The third-order valence-corrected chi connectivity index (χ3v) is 4.71. The molecule has 1 aromatic rings. The molecule has 0 bridgehead atoms. The van der Waals surface area contributed by atoms with E-state index in [-0.39, 0.29) is 18.4 Å². The highest BCUT2D eigenvalue weighted by atomic mass is 16.2. The first kappa shape index (κ1) is 19.2. The number of nitrogens with one attached hydrogen (secondary N) is 2. The van der Waals surface area contributed by atoms with Crippen LogP contribution in [-0.2, 0) is 9.59 Å². The lowest BCUT2D eigenvalue weighted by atomic mass is 9.99. The fourth-order valence-electron chi connectivity index (χ4n) is 2.98. The normalized spacial score (nSPS) is 16.4. The molecule has 6 nitrogen and oxygen atoms in total. The second kappa shape index (κ2) is 8.85. The highest BCUT2D eigenvalue weighted by molar-refractivity contribution is 5.91. The number of carbonyl (C=O) groups excluding carboxylic acids is 2. The molecule has 2 N–H and O–H groups in total. The van der Waals surface area contributed by atoms with Crippen LogP contribution < -0.4 is 15.1 Å². The van der Waals surface area contributed by atoms with Crippen LogP contribution in [0.3, 0.4) is 0 Å². The number of carbonyl (C=O) groups is 2. The highest BCUT2D eigenvalue weighted by Crippen LogP contribution is 2.24. The van der Waals surface area contributed by atoms with E-state index in [1.807, 2.05) is 19.2 Å². The molecule has 1 fully saturated rings. The summed E-state index contributed by atoms with van der Waals surface area (Å²) in [4.78, 5) is 28.6. The van der Waals surface area contributed by atoms with Crippen LogP contribution in [0.2, 0.25) is 0 Å². The number of anilines is 2. The summed E-state index contributed by atoms with van der Waals surface area (Å²) in [5.74, 6) is 0.753. The van der Waals surface area contributed by atoms with E-state index in [9.17, 15) is 9.59 Å². The molecule has 0 aliphatic carbocycles. The zero-order valence-electron chi connectivity index (χ0n) is 15.8.